The van der Waals surface area contributed by atoms with Gasteiger partial charge in [-0.2, -0.15) is 5.10 Å². The fraction of sp³-hybridized carbons (Fsp3) is 0.375. The van der Waals surface area contributed by atoms with Gasteiger partial charge in [-0.1, -0.05) is 0 Å². The first kappa shape index (κ1) is 15.9. The average Bonchev–Trinajstić information content (AvgIpc) is 2.72. The molecule has 0 aliphatic carbocycles. The first-order chi connectivity index (χ1) is 10.4. The van der Waals surface area contributed by atoms with Gasteiger partial charge < -0.3 is 15.8 Å². The number of nitrogen functional groups attached to an aromatic ring is 1. The number of nitrogens with two attached hydrogens (primary N) is 1. The van der Waals surface area contributed by atoms with E-state index in [9.17, 15) is 4.79 Å². The van der Waals surface area contributed by atoms with Crippen LogP contribution in [-0.4, -0.2) is 22.8 Å². The third-order valence-corrected chi connectivity index (χ3v) is 3.80. The van der Waals surface area contributed by atoms with Crippen LogP contribution < -0.4 is 15.8 Å². The highest BCUT2D eigenvalue weighted by atomic mass is 16.5. The van der Waals surface area contributed by atoms with Crippen molar-refractivity contribution >= 4 is 17.3 Å². The molecule has 1 amide bonds. The highest BCUT2D eigenvalue weighted by molar-refractivity contribution is 5.94. The van der Waals surface area contributed by atoms with Gasteiger partial charge in [0, 0.05) is 25.2 Å². The van der Waals surface area contributed by atoms with E-state index in [0.717, 1.165) is 17.0 Å². The Hall–Kier alpha value is -2.50. The van der Waals surface area contributed by atoms with E-state index in [1.54, 1.807) is 25.3 Å². The smallest absolute Gasteiger partial charge is 0.224 e. The highest BCUT2D eigenvalue weighted by Crippen LogP contribution is 2.24. The number of nitrogens with one attached hydrogen (secondary N) is 1. The minimum atomic E-state index is -0.0809. The summed E-state index contributed by atoms with van der Waals surface area (Å²) in [7, 11) is 3.48. The largest absolute Gasteiger partial charge is 0.497 e. The van der Waals surface area contributed by atoms with Crippen LogP contribution in [0.15, 0.2) is 18.2 Å². The fourth-order valence-corrected chi connectivity index (χ4v) is 2.40. The number of methoxy groups -OCH3 is 1. The normalized spacial score (nSPS) is 10.5. The lowest BCUT2D eigenvalue weighted by molar-refractivity contribution is -0.116. The van der Waals surface area contributed by atoms with Crippen LogP contribution in [-0.2, 0) is 18.3 Å². The number of nitrogens with zero attached hydrogens (tertiary/aromatic N) is 2. The van der Waals surface area contributed by atoms with Crippen molar-refractivity contribution in [1.82, 2.24) is 9.78 Å². The molecule has 2 aromatic rings. The van der Waals surface area contributed by atoms with E-state index in [-0.39, 0.29) is 5.91 Å². The van der Waals surface area contributed by atoms with Crippen molar-refractivity contribution in [2.45, 2.75) is 26.7 Å². The summed E-state index contributed by atoms with van der Waals surface area (Å²) < 4.78 is 6.97. The van der Waals surface area contributed by atoms with Crippen molar-refractivity contribution in [2.24, 2.45) is 7.05 Å². The monoisotopic (exact) mass is 302 g/mol. The molecule has 0 aliphatic heterocycles. The molecular formula is C16H22N4O2. The Morgan fingerprint density at radius 2 is 2.14 bits per heavy atom. The van der Waals surface area contributed by atoms with Crippen molar-refractivity contribution < 1.29 is 9.53 Å². The number of carbonyl (C=O) groups is 1. The van der Waals surface area contributed by atoms with Gasteiger partial charge in [0.1, 0.15) is 5.75 Å². The molecule has 6 nitrogen and oxygen atoms in total. The summed E-state index contributed by atoms with van der Waals surface area (Å²) in [6, 6.07) is 5.19. The van der Waals surface area contributed by atoms with Crippen LogP contribution in [0, 0.1) is 13.8 Å². The van der Waals surface area contributed by atoms with Gasteiger partial charge in [0.2, 0.25) is 5.91 Å². The molecule has 1 aromatic heterocycles. The van der Waals surface area contributed by atoms with Crippen LogP contribution in [0.3, 0.4) is 0 Å². The zero-order valence-electron chi connectivity index (χ0n) is 13.4. The van der Waals surface area contributed by atoms with Crippen LogP contribution in [0.5, 0.6) is 5.75 Å². The van der Waals surface area contributed by atoms with E-state index in [2.05, 4.69) is 10.4 Å². The number of aryl methyl sites for hydroxylation is 2. The first-order valence-corrected chi connectivity index (χ1v) is 7.14. The Bertz CT molecular complexity index is 692. The molecule has 0 unspecified atom stereocenters. The number of hydrogen-bond donors (Lipinski definition) is 2. The topological polar surface area (TPSA) is 82.2 Å². The number of hydrogen-bond acceptors (Lipinski definition) is 4. The molecule has 1 heterocycles. The summed E-state index contributed by atoms with van der Waals surface area (Å²) in [6.45, 7) is 3.97. The summed E-state index contributed by atoms with van der Waals surface area (Å²) in [4.78, 5) is 12.1. The molecule has 0 fully saturated rings. The van der Waals surface area contributed by atoms with E-state index >= 15 is 0 Å². The molecule has 6 heteroatoms. The summed E-state index contributed by atoms with van der Waals surface area (Å²) in [6.07, 6.45) is 1.03. The highest BCUT2D eigenvalue weighted by Gasteiger charge is 2.12. The third-order valence-electron chi connectivity index (χ3n) is 3.80. The standard InChI is InChI=1S/C16H22N4O2/c1-10-13(11(2)20(3)19-10)6-8-16(21)18-15-9-12(22-4)5-7-14(15)17/h5,7,9H,6,8,17H2,1-4H3,(H,18,21). The van der Waals surface area contributed by atoms with Gasteiger partial charge >= 0.3 is 0 Å². The first-order valence-electron chi connectivity index (χ1n) is 7.14. The van der Waals surface area contributed by atoms with Crippen molar-refractivity contribution in [1.29, 1.82) is 0 Å². The molecule has 22 heavy (non-hydrogen) atoms. The van der Waals surface area contributed by atoms with E-state index in [1.807, 2.05) is 25.6 Å². The van der Waals surface area contributed by atoms with Crippen LogP contribution in [0.4, 0.5) is 11.4 Å². The molecule has 0 saturated carbocycles. The molecule has 0 atom stereocenters. The number of benzene rings is 1. The summed E-state index contributed by atoms with van der Waals surface area (Å²) in [5, 5.41) is 7.19. The van der Waals surface area contributed by atoms with E-state index in [1.165, 1.54) is 0 Å². The quantitative estimate of drug-likeness (QED) is 0.830. The fourth-order valence-electron chi connectivity index (χ4n) is 2.40. The molecule has 0 radical (unpaired) electrons. The van der Waals surface area contributed by atoms with Crippen LogP contribution >= 0.6 is 0 Å². The molecule has 0 aliphatic rings. The van der Waals surface area contributed by atoms with Crippen LogP contribution in [0.2, 0.25) is 0 Å². The van der Waals surface area contributed by atoms with Crippen molar-refractivity contribution in [3.63, 3.8) is 0 Å². The Balaban J connectivity index is 2.02. The van der Waals surface area contributed by atoms with Gasteiger partial charge in [-0.3, -0.25) is 9.48 Å². The molecule has 118 valence electrons. The van der Waals surface area contributed by atoms with Gasteiger partial charge in [-0.15, -0.1) is 0 Å². The van der Waals surface area contributed by atoms with Crippen molar-refractivity contribution in [3.05, 3.63) is 35.2 Å². The molecule has 0 saturated heterocycles. The average molecular weight is 302 g/mol. The number of aromatic nitrogens is 2. The summed E-state index contributed by atoms with van der Waals surface area (Å²) in [5.41, 5.74) is 10.1. The molecular weight excluding hydrogens is 280 g/mol. The summed E-state index contributed by atoms with van der Waals surface area (Å²) in [5.74, 6) is 0.575. The molecule has 0 bridgehead atoms. The van der Waals surface area contributed by atoms with Gasteiger partial charge in [0.15, 0.2) is 0 Å². The maximum absolute atomic E-state index is 12.1. The van der Waals surface area contributed by atoms with E-state index in [4.69, 9.17) is 10.5 Å². The van der Waals surface area contributed by atoms with Gasteiger partial charge in [-0.25, -0.2) is 0 Å². The van der Waals surface area contributed by atoms with E-state index in [0.29, 0.717) is 30.0 Å². The third kappa shape index (κ3) is 3.39. The number of carbonyl (C=O) groups excluding carboxylic acids is 1. The lowest BCUT2D eigenvalue weighted by Crippen LogP contribution is -2.14. The Morgan fingerprint density at radius 3 is 2.73 bits per heavy atom. The molecule has 2 rings (SSSR count). The number of rotatable bonds is 5. The van der Waals surface area contributed by atoms with Crippen LogP contribution in [0.1, 0.15) is 23.4 Å². The molecule has 1 aromatic carbocycles. The number of ether oxygens (including phenoxy) is 1. The van der Waals surface area contributed by atoms with Gasteiger partial charge in [-0.05, 0) is 38.0 Å². The predicted molar refractivity (Wildman–Crippen MR) is 87.0 cm³/mol. The maximum atomic E-state index is 12.1. The Kier molecular flexibility index (Phi) is 4.70. The number of amides is 1. The lowest BCUT2D eigenvalue weighted by atomic mass is 10.1. The van der Waals surface area contributed by atoms with Crippen molar-refractivity contribution in [2.75, 3.05) is 18.2 Å². The minimum absolute atomic E-state index is 0.0809. The zero-order valence-corrected chi connectivity index (χ0v) is 13.4. The second kappa shape index (κ2) is 6.51. The second-order valence-corrected chi connectivity index (χ2v) is 5.27. The Morgan fingerprint density at radius 1 is 1.41 bits per heavy atom. The maximum Gasteiger partial charge on any atom is 0.224 e. The predicted octanol–water partition coefficient (Wildman–Crippen LogP) is 2.20. The zero-order chi connectivity index (χ0) is 16.3. The SMILES string of the molecule is COc1ccc(N)c(NC(=O)CCc2c(C)nn(C)c2C)c1. The van der Waals surface area contributed by atoms with Gasteiger partial charge in [0.25, 0.3) is 0 Å². The van der Waals surface area contributed by atoms with Gasteiger partial charge in [0.05, 0.1) is 24.2 Å². The second-order valence-electron chi connectivity index (χ2n) is 5.27. The van der Waals surface area contributed by atoms with E-state index < -0.39 is 0 Å². The summed E-state index contributed by atoms with van der Waals surface area (Å²) >= 11 is 0. The van der Waals surface area contributed by atoms with Crippen LogP contribution in [0.25, 0.3) is 0 Å². The van der Waals surface area contributed by atoms with Crippen molar-refractivity contribution in [3.8, 4) is 5.75 Å². The number of anilines is 2. The molecule has 0 spiro atoms. The molecule has 3 N–H and O–H groups in total. The minimum Gasteiger partial charge on any atom is -0.497 e. The Labute approximate surface area is 130 Å². The lowest BCUT2D eigenvalue weighted by Gasteiger charge is -2.10.